The second-order valence-corrected chi connectivity index (χ2v) is 12.5. The Morgan fingerprint density at radius 2 is 0.750 bits per heavy atom. The third kappa shape index (κ3) is 5.78. The van der Waals surface area contributed by atoms with Crippen LogP contribution < -0.4 is 0 Å². The van der Waals surface area contributed by atoms with E-state index in [0.717, 1.165) is 34.1 Å². The van der Waals surface area contributed by atoms with Gasteiger partial charge in [0, 0.05) is 0 Å². The first-order valence-electron chi connectivity index (χ1n) is 15.2. The van der Waals surface area contributed by atoms with E-state index in [1.807, 2.05) is 24.3 Å². The Balaban J connectivity index is 1.53. The lowest BCUT2D eigenvalue weighted by atomic mass is 9.73. The van der Waals surface area contributed by atoms with Gasteiger partial charge >= 0.3 is 0 Å². The monoisotopic (exact) mass is 534 g/mol. The Morgan fingerprint density at radius 1 is 0.425 bits per heavy atom. The van der Waals surface area contributed by atoms with Gasteiger partial charge in [-0.15, -0.1) is 0 Å². The molecule has 0 bridgehead atoms. The van der Waals surface area contributed by atoms with E-state index in [0.29, 0.717) is 11.8 Å². The maximum Gasteiger partial charge on any atom is 0.123 e. The maximum atomic E-state index is 13.8. The third-order valence-corrected chi connectivity index (χ3v) is 9.66. The van der Waals surface area contributed by atoms with E-state index in [9.17, 15) is 8.78 Å². The van der Waals surface area contributed by atoms with Crippen LogP contribution in [0, 0.1) is 23.5 Å². The van der Waals surface area contributed by atoms with Crippen molar-refractivity contribution in [3.63, 3.8) is 0 Å². The van der Waals surface area contributed by atoms with Crippen molar-refractivity contribution in [1.29, 1.82) is 0 Å². The predicted molar refractivity (Wildman–Crippen MR) is 163 cm³/mol. The molecule has 0 N–H and O–H groups in total. The van der Waals surface area contributed by atoms with Crippen molar-refractivity contribution in [2.24, 2.45) is 11.8 Å². The van der Waals surface area contributed by atoms with E-state index in [4.69, 9.17) is 0 Å². The first-order valence-corrected chi connectivity index (χ1v) is 15.2. The number of hydrogen-bond donors (Lipinski definition) is 0. The summed E-state index contributed by atoms with van der Waals surface area (Å²) in [7, 11) is 0. The average molecular weight is 535 g/mol. The minimum absolute atomic E-state index is 0.210. The lowest BCUT2D eigenvalue weighted by Crippen LogP contribution is -2.14. The molecule has 0 heterocycles. The largest absolute Gasteiger partial charge is 0.207 e. The molecule has 0 amide bonds. The third-order valence-electron chi connectivity index (χ3n) is 9.66. The maximum absolute atomic E-state index is 13.8. The summed E-state index contributed by atoms with van der Waals surface area (Å²) in [4.78, 5) is 0. The molecule has 2 aliphatic carbocycles. The molecule has 0 saturated heterocycles. The van der Waals surface area contributed by atoms with Gasteiger partial charge in [-0.3, -0.25) is 0 Å². The van der Waals surface area contributed by atoms with E-state index in [1.165, 1.54) is 73.6 Å². The lowest BCUT2D eigenvalue weighted by molar-refractivity contribution is 0.347. The fourth-order valence-corrected chi connectivity index (χ4v) is 7.08. The van der Waals surface area contributed by atoms with Crippen molar-refractivity contribution < 1.29 is 8.78 Å². The molecule has 2 saturated carbocycles. The standard InChI is InChI=1S/C38H40F2/c1-25-3-7-29(8-4-25)35-21-15-31(27-11-17-33(39)18-12-27)23-37(35)38-24-32(28-13-19-34(40)20-14-28)16-22-36(38)30-9-5-26(2)6-10-30/h11-26,29-30H,3-10H2,1-2H3. The molecule has 0 unspecified atom stereocenters. The summed E-state index contributed by atoms with van der Waals surface area (Å²) in [6, 6.07) is 27.6. The second kappa shape index (κ2) is 11.7. The van der Waals surface area contributed by atoms with Gasteiger partial charge in [0.25, 0.3) is 0 Å². The molecular weight excluding hydrogens is 494 g/mol. The van der Waals surface area contributed by atoms with Crippen LogP contribution in [0.1, 0.15) is 88.2 Å². The van der Waals surface area contributed by atoms with E-state index < -0.39 is 0 Å². The van der Waals surface area contributed by atoms with Gasteiger partial charge in [0.1, 0.15) is 11.6 Å². The molecule has 4 aromatic carbocycles. The van der Waals surface area contributed by atoms with E-state index in [1.54, 1.807) is 24.3 Å². The van der Waals surface area contributed by atoms with Crippen LogP contribution in [0.15, 0.2) is 84.9 Å². The molecule has 206 valence electrons. The summed E-state index contributed by atoms with van der Waals surface area (Å²) >= 11 is 0. The summed E-state index contributed by atoms with van der Waals surface area (Å²) in [5, 5.41) is 0. The second-order valence-electron chi connectivity index (χ2n) is 12.5. The van der Waals surface area contributed by atoms with Gasteiger partial charge in [0.15, 0.2) is 0 Å². The van der Waals surface area contributed by atoms with Crippen molar-refractivity contribution in [3.8, 4) is 33.4 Å². The van der Waals surface area contributed by atoms with Gasteiger partial charge in [-0.25, -0.2) is 8.78 Å². The summed E-state index contributed by atoms with van der Waals surface area (Å²) in [5.41, 5.74) is 9.84. The minimum Gasteiger partial charge on any atom is -0.207 e. The van der Waals surface area contributed by atoms with Crippen molar-refractivity contribution in [2.45, 2.75) is 77.0 Å². The van der Waals surface area contributed by atoms with Crippen LogP contribution in [0.5, 0.6) is 0 Å². The summed E-state index contributed by atoms with van der Waals surface area (Å²) in [6.45, 7) is 4.76. The molecule has 4 aromatic rings. The zero-order valence-electron chi connectivity index (χ0n) is 23.8. The highest BCUT2D eigenvalue weighted by molar-refractivity contribution is 5.82. The van der Waals surface area contributed by atoms with Crippen LogP contribution in [0.25, 0.3) is 33.4 Å². The number of halogens is 2. The van der Waals surface area contributed by atoms with Gasteiger partial charge in [-0.2, -0.15) is 0 Å². The molecule has 0 atom stereocenters. The molecule has 0 aliphatic heterocycles. The molecule has 2 aliphatic rings. The highest BCUT2D eigenvalue weighted by Crippen LogP contribution is 2.46. The molecule has 2 heteroatoms. The molecular formula is C38H40F2. The molecule has 0 radical (unpaired) electrons. The molecule has 0 spiro atoms. The Kier molecular flexibility index (Phi) is 7.87. The topological polar surface area (TPSA) is 0 Å². The Morgan fingerprint density at radius 3 is 1.10 bits per heavy atom. The fraction of sp³-hybridized carbons (Fsp3) is 0.368. The highest BCUT2D eigenvalue weighted by atomic mass is 19.1. The molecule has 6 rings (SSSR count). The number of hydrogen-bond acceptors (Lipinski definition) is 0. The molecule has 0 aromatic heterocycles. The predicted octanol–water partition coefficient (Wildman–Crippen LogP) is 11.6. The number of rotatable bonds is 5. The number of benzene rings is 4. The van der Waals surface area contributed by atoms with E-state index in [2.05, 4.69) is 50.2 Å². The highest BCUT2D eigenvalue weighted by Gasteiger charge is 2.27. The summed E-state index contributed by atoms with van der Waals surface area (Å²) in [5.74, 6) is 2.25. The summed E-state index contributed by atoms with van der Waals surface area (Å²) < 4.78 is 27.6. The van der Waals surface area contributed by atoms with Gasteiger partial charge in [-0.1, -0.05) is 88.1 Å². The van der Waals surface area contributed by atoms with Gasteiger partial charge in [-0.05, 0) is 130 Å². The van der Waals surface area contributed by atoms with Gasteiger partial charge in [0.2, 0.25) is 0 Å². The van der Waals surface area contributed by atoms with E-state index in [-0.39, 0.29) is 11.6 Å². The zero-order valence-corrected chi connectivity index (χ0v) is 23.8. The Hall–Kier alpha value is -3.26. The zero-order chi connectivity index (χ0) is 27.6. The molecule has 40 heavy (non-hydrogen) atoms. The Bertz CT molecular complexity index is 1320. The molecule has 2 fully saturated rings. The van der Waals surface area contributed by atoms with Crippen LogP contribution in [-0.4, -0.2) is 0 Å². The quantitative estimate of drug-likeness (QED) is 0.239. The van der Waals surface area contributed by atoms with Crippen LogP contribution in [-0.2, 0) is 0 Å². The van der Waals surface area contributed by atoms with Crippen LogP contribution in [0.4, 0.5) is 8.78 Å². The smallest absolute Gasteiger partial charge is 0.123 e. The van der Waals surface area contributed by atoms with Gasteiger partial charge < -0.3 is 0 Å². The van der Waals surface area contributed by atoms with Crippen molar-refractivity contribution in [2.75, 3.05) is 0 Å². The van der Waals surface area contributed by atoms with Crippen LogP contribution >= 0.6 is 0 Å². The minimum atomic E-state index is -0.210. The van der Waals surface area contributed by atoms with Crippen LogP contribution in [0.3, 0.4) is 0 Å². The SMILES string of the molecule is CC1CCC(c2ccc(-c3ccc(F)cc3)cc2-c2cc(-c3ccc(F)cc3)ccc2C2CCC(C)CC2)CC1. The van der Waals surface area contributed by atoms with Crippen molar-refractivity contribution in [3.05, 3.63) is 108 Å². The van der Waals surface area contributed by atoms with Crippen molar-refractivity contribution >= 4 is 0 Å². The Labute approximate surface area is 238 Å². The van der Waals surface area contributed by atoms with Crippen LogP contribution in [0.2, 0.25) is 0 Å². The van der Waals surface area contributed by atoms with Crippen molar-refractivity contribution in [1.82, 2.24) is 0 Å². The van der Waals surface area contributed by atoms with E-state index >= 15 is 0 Å². The first kappa shape index (κ1) is 26.9. The molecule has 0 nitrogen and oxygen atoms in total. The fourth-order valence-electron chi connectivity index (χ4n) is 7.08. The summed E-state index contributed by atoms with van der Waals surface area (Å²) in [6.07, 6.45) is 9.96. The van der Waals surface area contributed by atoms with Gasteiger partial charge in [0.05, 0.1) is 0 Å². The normalized spacial score (nSPS) is 23.2. The first-order chi connectivity index (χ1) is 19.4. The lowest BCUT2D eigenvalue weighted by Gasteiger charge is -2.31. The average Bonchev–Trinajstić information content (AvgIpc) is 2.98.